The van der Waals surface area contributed by atoms with E-state index >= 15 is 0 Å². The Kier molecular flexibility index (Phi) is 11.6. The highest BCUT2D eigenvalue weighted by Gasteiger charge is 2.23. The summed E-state index contributed by atoms with van der Waals surface area (Å²) in [7, 11) is 0. The first kappa shape index (κ1) is 23.5. The van der Waals surface area contributed by atoms with E-state index < -0.39 is 0 Å². The predicted molar refractivity (Wildman–Crippen MR) is 120 cm³/mol. The Morgan fingerprint density at radius 3 is 1.81 bits per heavy atom. The van der Waals surface area contributed by atoms with Crippen molar-refractivity contribution in [3.8, 4) is 0 Å². The normalized spacial score (nSPS) is 12.1. The van der Waals surface area contributed by atoms with Gasteiger partial charge in [0, 0.05) is 5.02 Å². The minimum atomic E-state index is 0.168. The first-order valence-electron chi connectivity index (χ1n) is 11.2. The molecule has 0 atom stereocenters. The summed E-state index contributed by atoms with van der Waals surface area (Å²) in [6.45, 7) is 11.5. The lowest BCUT2D eigenvalue weighted by Crippen LogP contribution is -2.18. The van der Waals surface area contributed by atoms with Gasteiger partial charge in [-0.3, -0.25) is 0 Å². The lowest BCUT2D eigenvalue weighted by molar-refractivity contribution is 0.440. The van der Waals surface area contributed by atoms with Crippen LogP contribution in [0.2, 0.25) is 5.02 Å². The Bertz CT molecular complexity index is 487. The zero-order valence-corrected chi connectivity index (χ0v) is 18.9. The highest BCUT2D eigenvalue weighted by molar-refractivity contribution is 6.31. The molecule has 1 aromatic carbocycles. The molecule has 0 aliphatic carbocycles. The topological polar surface area (TPSA) is 0 Å². The van der Waals surface area contributed by atoms with Crippen molar-refractivity contribution in [2.75, 3.05) is 0 Å². The Labute approximate surface area is 169 Å². The van der Waals surface area contributed by atoms with Crippen molar-refractivity contribution in [2.24, 2.45) is 0 Å². The number of unbranched alkanes of at least 4 members (excludes halogenated alkanes) is 10. The summed E-state index contributed by atoms with van der Waals surface area (Å²) in [5, 5.41) is 0.933. The highest BCUT2D eigenvalue weighted by atomic mass is 35.5. The summed E-state index contributed by atoms with van der Waals surface area (Å²) in [5.41, 5.74) is 2.90. The van der Waals surface area contributed by atoms with Gasteiger partial charge in [0.15, 0.2) is 0 Å². The van der Waals surface area contributed by atoms with Crippen molar-refractivity contribution < 1.29 is 0 Å². The molecular formula is C25H43Cl. The smallest absolute Gasteiger partial charge is 0.0443 e. The van der Waals surface area contributed by atoms with E-state index in [1.165, 1.54) is 88.2 Å². The molecule has 0 saturated carbocycles. The third-order valence-electron chi connectivity index (χ3n) is 5.79. The molecule has 0 amide bonds. The quantitative estimate of drug-likeness (QED) is 0.282. The molecule has 26 heavy (non-hydrogen) atoms. The molecule has 0 saturated heterocycles. The molecular weight excluding hydrogens is 336 g/mol. The fourth-order valence-corrected chi connectivity index (χ4v) is 4.16. The van der Waals surface area contributed by atoms with Crippen molar-refractivity contribution >= 4 is 11.6 Å². The summed E-state index contributed by atoms with van der Waals surface area (Å²) in [6, 6.07) is 6.61. The maximum Gasteiger partial charge on any atom is 0.0443 e. The largest absolute Gasteiger partial charge is 0.0840 e. The van der Waals surface area contributed by atoms with Gasteiger partial charge in [0.2, 0.25) is 0 Å². The van der Waals surface area contributed by atoms with E-state index in [4.69, 9.17) is 11.6 Å². The van der Waals surface area contributed by atoms with E-state index in [1.54, 1.807) is 0 Å². The summed E-state index contributed by atoms with van der Waals surface area (Å²) in [4.78, 5) is 0. The van der Waals surface area contributed by atoms with Crippen LogP contribution in [0.15, 0.2) is 18.2 Å². The fourth-order valence-electron chi connectivity index (χ4n) is 3.79. The fraction of sp³-hybridized carbons (Fsp3) is 0.760. The molecule has 1 heteroatoms. The second kappa shape index (κ2) is 12.8. The summed E-state index contributed by atoms with van der Waals surface area (Å²) < 4.78 is 0. The van der Waals surface area contributed by atoms with Gasteiger partial charge in [0.25, 0.3) is 0 Å². The van der Waals surface area contributed by atoms with E-state index in [0.717, 1.165) is 5.02 Å². The van der Waals surface area contributed by atoms with Gasteiger partial charge in [-0.2, -0.15) is 0 Å². The number of rotatable bonds is 14. The number of hydrogen-bond acceptors (Lipinski definition) is 0. The van der Waals surface area contributed by atoms with Crippen LogP contribution in [0.1, 0.15) is 129 Å². The third kappa shape index (κ3) is 8.94. The standard InChI is InChI=1S/C25H43Cl/c1-6-7-8-9-10-11-12-13-14-15-16-19-25(4,5)23-20-22(21(2)3)17-18-24(23)26/h17-18,20-21H,6-16,19H2,1-5H3. The molecule has 0 radical (unpaired) electrons. The van der Waals surface area contributed by atoms with Crippen molar-refractivity contribution in [1.29, 1.82) is 0 Å². The first-order chi connectivity index (χ1) is 12.4. The van der Waals surface area contributed by atoms with E-state index in [-0.39, 0.29) is 5.41 Å². The number of benzene rings is 1. The van der Waals surface area contributed by atoms with Gasteiger partial charge in [-0.05, 0) is 34.9 Å². The molecule has 1 rings (SSSR count). The van der Waals surface area contributed by atoms with Gasteiger partial charge in [-0.25, -0.2) is 0 Å². The van der Waals surface area contributed by atoms with Gasteiger partial charge >= 0.3 is 0 Å². The van der Waals surface area contributed by atoms with E-state index in [9.17, 15) is 0 Å². The maximum atomic E-state index is 6.53. The van der Waals surface area contributed by atoms with Gasteiger partial charge in [-0.1, -0.05) is 129 Å². The van der Waals surface area contributed by atoms with Gasteiger partial charge in [0.1, 0.15) is 0 Å². The molecule has 0 aromatic heterocycles. The lowest BCUT2D eigenvalue weighted by Gasteiger charge is -2.27. The predicted octanol–water partition coefficient (Wildman–Crippen LogP) is 9.44. The lowest BCUT2D eigenvalue weighted by atomic mass is 9.78. The number of hydrogen-bond donors (Lipinski definition) is 0. The monoisotopic (exact) mass is 378 g/mol. The SMILES string of the molecule is CCCCCCCCCCCCCC(C)(C)c1cc(C(C)C)ccc1Cl. The number of halogens is 1. The minimum absolute atomic E-state index is 0.168. The molecule has 0 aliphatic rings. The van der Waals surface area contributed by atoms with Gasteiger partial charge < -0.3 is 0 Å². The zero-order valence-electron chi connectivity index (χ0n) is 18.2. The molecule has 0 nitrogen and oxygen atoms in total. The molecule has 1 aromatic rings. The van der Waals surface area contributed by atoms with Gasteiger partial charge in [0.05, 0.1) is 0 Å². The molecule has 0 unspecified atom stereocenters. The van der Waals surface area contributed by atoms with Crippen LogP contribution in [0.4, 0.5) is 0 Å². The molecule has 0 heterocycles. The van der Waals surface area contributed by atoms with Crippen molar-refractivity contribution in [1.82, 2.24) is 0 Å². The molecule has 0 spiro atoms. The zero-order chi connectivity index (χ0) is 19.4. The summed E-state index contributed by atoms with van der Waals surface area (Å²) in [6.07, 6.45) is 16.7. The van der Waals surface area contributed by atoms with Crippen LogP contribution in [-0.4, -0.2) is 0 Å². The Morgan fingerprint density at radius 2 is 1.31 bits per heavy atom. The average Bonchev–Trinajstić information content (AvgIpc) is 2.59. The average molecular weight is 379 g/mol. The Hall–Kier alpha value is -0.490. The van der Waals surface area contributed by atoms with Crippen LogP contribution in [0.25, 0.3) is 0 Å². The molecule has 150 valence electrons. The van der Waals surface area contributed by atoms with Crippen LogP contribution in [-0.2, 0) is 5.41 Å². The minimum Gasteiger partial charge on any atom is -0.0840 e. The molecule has 0 aliphatic heterocycles. The third-order valence-corrected chi connectivity index (χ3v) is 6.12. The second-order valence-corrected chi connectivity index (χ2v) is 9.47. The van der Waals surface area contributed by atoms with Crippen molar-refractivity contribution in [3.63, 3.8) is 0 Å². The van der Waals surface area contributed by atoms with Gasteiger partial charge in [-0.15, -0.1) is 0 Å². The van der Waals surface area contributed by atoms with Crippen LogP contribution in [0.5, 0.6) is 0 Å². The summed E-state index contributed by atoms with van der Waals surface area (Å²) in [5.74, 6) is 0.559. The highest BCUT2D eigenvalue weighted by Crippen LogP contribution is 2.36. The van der Waals surface area contributed by atoms with Crippen LogP contribution in [0.3, 0.4) is 0 Å². The van der Waals surface area contributed by atoms with Crippen LogP contribution in [0, 0.1) is 0 Å². The Morgan fingerprint density at radius 1 is 0.808 bits per heavy atom. The Balaban J connectivity index is 2.25. The van der Waals surface area contributed by atoms with E-state index in [1.807, 2.05) is 0 Å². The molecule has 0 N–H and O–H groups in total. The molecule has 0 fully saturated rings. The second-order valence-electron chi connectivity index (χ2n) is 9.06. The van der Waals surface area contributed by atoms with Crippen molar-refractivity contribution in [2.45, 2.75) is 123 Å². The van der Waals surface area contributed by atoms with E-state index in [2.05, 4.69) is 52.8 Å². The molecule has 0 bridgehead atoms. The first-order valence-corrected chi connectivity index (χ1v) is 11.6. The van der Waals surface area contributed by atoms with Crippen LogP contribution < -0.4 is 0 Å². The van der Waals surface area contributed by atoms with E-state index in [0.29, 0.717) is 5.92 Å². The van der Waals surface area contributed by atoms with Crippen LogP contribution >= 0.6 is 11.6 Å². The maximum absolute atomic E-state index is 6.53. The van der Waals surface area contributed by atoms with Crippen molar-refractivity contribution in [3.05, 3.63) is 34.3 Å². The summed E-state index contributed by atoms with van der Waals surface area (Å²) >= 11 is 6.53.